The second-order valence-corrected chi connectivity index (χ2v) is 8.19. The third-order valence-corrected chi connectivity index (χ3v) is 5.71. The number of benzene rings is 1. The van der Waals surface area contributed by atoms with Crippen LogP contribution in [-0.2, 0) is 30.8 Å². The summed E-state index contributed by atoms with van der Waals surface area (Å²) < 4.78 is 36.2. The molecule has 2 aromatic rings. The van der Waals surface area contributed by atoms with Crippen LogP contribution in [0.1, 0.15) is 36.8 Å². The zero-order valence-corrected chi connectivity index (χ0v) is 17.5. The highest BCUT2D eigenvalue weighted by Gasteiger charge is 2.25. The van der Waals surface area contributed by atoms with E-state index in [0.29, 0.717) is 5.69 Å². The van der Waals surface area contributed by atoms with Gasteiger partial charge < -0.3 is 14.6 Å². The molecule has 2 N–H and O–H groups in total. The molecule has 158 valence electrons. The van der Waals surface area contributed by atoms with Gasteiger partial charge in [-0.1, -0.05) is 30.6 Å². The predicted molar refractivity (Wildman–Crippen MR) is 106 cm³/mol. The first-order chi connectivity index (χ1) is 13.7. The normalized spacial score (nSPS) is 11.3. The number of aryl methyl sites for hydroxylation is 3. The quantitative estimate of drug-likeness (QED) is 0.560. The third-order valence-electron chi connectivity index (χ3n) is 4.06. The number of sulfonamides is 1. The van der Waals surface area contributed by atoms with Crippen LogP contribution in [0.4, 0.5) is 5.69 Å². The lowest BCUT2D eigenvalue weighted by Crippen LogP contribution is -2.32. The van der Waals surface area contributed by atoms with Gasteiger partial charge in [-0.15, -0.1) is 0 Å². The summed E-state index contributed by atoms with van der Waals surface area (Å²) in [6.07, 6.45) is 3.19. The Morgan fingerprint density at radius 3 is 2.45 bits per heavy atom. The molecule has 0 saturated carbocycles. The van der Waals surface area contributed by atoms with Gasteiger partial charge in [0.2, 0.25) is 10.0 Å². The molecule has 2 rings (SSSR count). The average Bonchev–Trinajstić information content (AvgIpc) is 3.03. The first-order valence-corrected chi connectivity index (χ1v) is 10.7. The summed E-state index contributed by atoms with van der Waals surface area (Å²) in [7, 11) is -3.98. The third kappa shape index (κ3) is 6.68. The van der Waals surface area contributed by atoms with Gasteiger partial charge in [0.05, 0.1) is 0 Å². The van der Waals surface area contributed by atoms with Crippen molar-refractivity contribution in [3.05, 3.63) is 41.3 Å². The summed E-state index contributed by atoms with van der Waals surface area (Å²) in [6.45, 7) is 3.91. The van der Waals surface area contributed by atoms with Crippen LogP contribution in [0, 0.1) is 13.8 Å². The number of hydrogen-bond acceptors (Lipinski definition) is 7. The Morgan fingerprint density at radius 2 is 1.86 bits per heavy atom. The molecule has 0 aliphatic rings. The van der Waals surface area contributed by atoms with Crippen molar-refractivity contribution in [3.63, 3.8) is 0 Å². The molecule has 0 spiro atoms. The fourth-order valence-electron chi connectivity index (χ4n) is 2.61. The van der Waals surface area contributed by atoms with Crippen molar-refractivity contribution in [2.45, 2.75) is 44.9 Å². The SMILES string of the molecule is CCCCc1ccc(NC(=O)COC(=O)CNS(=O)(=O)c2c(C)noc2C)cc1. The maximum Gasteiger partial charge on any atom is 0.321 e. The Labute approximate surface area is 169 Å². The van der Waals surface area contributed by atoms with Crippen LogP contribution in [0.2, 0.25) is 0 Å². The summed E-state index contributed by atoms with van der Waals surface area (Å²) in [6, 6.07) is 7.42. The Bertz CT molecular complexity index is 931. The van der Waals surface area contributed by atoms with Crippen molar-refractivity contribution < 1.29 is 27.3 Å². The zero-order valence-electron chi connectivity index (χ0n) is 16.6. The van der Waals surface area contributed by atoms with E-state index in [9.17, 15) is 18.0 Å². The molecule has 1 amide bonds. The first-order valence-electron chi connectivity index (χ1n) is 9.20. The van der Waals surface area contributed by atoms with Crippen molar-refractivity contribution in [1.82, 2.24) is 9.88 Å². The van der Waals surface area contributed by atoms with Crippen molar-refractivity contribution in [3.8, 4) is 0 Å². The Balaban J connectivity index is 1.78. The van der Waals surface area contributed by atoms with Crippen molar-refractivity contribution in [1.29, 1.82) is 0 Å². The number of carbonyl (C=O) groups excluding carboxylic acids is 2. The van der Waals surface area contributed by atoms with Crippen LogP contribution >= 0.6 is 0 Å². The van der Waals surface area contributed by atoms with Crippen molar-refractivity contribution in [2.24, 2.45) is 0 Å². The van der Waals surface area contributed by atoms with E-state index < -0.39 is 35.1 Å². The molecule has 0 unspecified atom stereocenters. The molecule has 1 aromatic carbocycles. The molecule has 1 heterocycles. The van der Waals surface area contributed by atoms with Crippen LogP contribution < -0.4 is 10.0 Å². The summed E-state index contributed by atoms with van der Waals surface area (Å²) >= 11 is 0. The van der Waals surface area contributed by atoms with Crippen LogP contribution in [-0.4, -0.2) is 38.6 Å². The molecule has 29 heavy (non-hydrogen) atoms. The molecular weight excluding hydrogens is 398 g/mol. The molecular formula is C19H25N3O6S. The highest BCUT2D eigenvalue weighted by molar-refractivity contribution is 7.89. The number of nitrogens with zero attached hydrogens (tertiary/aromatic N) is 1. The summed E-state index contributed by atoms with van der Waals surface area (Å²) in [5.41, 5.74) is 1.95. The lowest BCUT2D eigenvalue weighted by molar-refractivity contribution is -0.146. The van der Waals surface area contributed by atoms with E-state index in [1.165, 1.54) is 19.4 Å². The van der Waals surface area contributed by atoms with Gasteiger partial charge in [0.25, 0.3) is 5.91 Å². The fourth-order valence-corrected chi connectivity index (χ4v) is 3.91. The number of ether oxygens (including phenoxy) is 1. The van der Waals surface area contributed by atoms with E-state index in [-0.39, 0.29) is 16.3 Å². The van der Waals surface area contributed by atoms with Crippen LogP contribution in [0.5, 0.6) is 0 Å². The molecule has 1 aromatic heterocycles. The van der Waals surface area contributed by atoms with Gasteiger partial charge in [0, 0.05) is 5.69 Å². The Morgan fingerprint density at radius 1 is 1.17 bits per heavy atom. The molecule has 10 heteroatoms. The van der Waals surface area contributed by atoms with E-state index in [1.807, 2.05) is 12.1 Å². The number of esters is 1. The molecule has 0 aliphatic heterocycles. The van der Waals surface area contributed by atoms with E-state index in [2.05, 4.69) is 22.1 Å². The number of aromatic nitrogens is 1. The van der Waals surface area contributed by atoms with E-state index in [0.717, 1.165) is 19.3 Å². The van der Waals surface area contributed by atoms with E-state index in [4.69, 9.17) is 9.26 Å². The fraction of sp³-hybridized carbons (Fsp3) is 0.421. The Kier molecular flexibility index (Phi) is 7.91. The molecule has 0 fully saturated rings. The van der Waals surface area contributed by atoms with Gasteiger partial charge in [0.15, 0.2) is 12.4 Å². The number of anilines is 1. The molecule has 0 aliphatic carbocycles. The monoisotopic (exact) mass is 423 g/mol. The van der Waals surface area contributed by atoms with E-state index in [1.54, 1.807) is 12.1 Å². The second kappa shape index (κ2) is 10.2. The molecule has 0 bridgehead atoms. The average molecular weight is 423 g/mol. The lowest BCUT2D eigenvalue weighted by atomic mass is 10.1. The zero-order chi connectivity index (χ0) is 21.4. The minimum Gasteiger partial charge on any atom is -0.455 e. The van der Waals surface area contributed by atoms with E-state index >= 15 is 0 Å². The van der Waals surface area contributed by atoms with Crippen LogP contribution in [0.25, 0.3) is 0 Å². The molecule has 9 nitrogen and oxygen atoms in total. The lowest BCUT2D eigenvalue weighted by Gasteiger charge is -2.08. The van der Waals surface area contributed by atoms with Crippen LogP contribution in [0.15, 0.2) is 33.7 Å². The Hall–Kier alpha value is -2.72. The first kappa shape index (κ1) is 22.6. The summed E-state index contributed by atoms with van der Waals surface area (Å²) in [4.78, 5) is 23.5. The largest absolute Gasteiger partial charge is 0.455 e. The molecule has 0 atom stereocenters. The molecule has 0 radical (unpaired) electrons. The summed E-state index contributed by atoms with van der Waals surface area (Å²) in [5, 5.41) is 6.18. The standard InChI is InChI=1S/C19H25N3O6S/c1-4-5-6-15-7-9-16(10-8-15)21-17(23)12-27-18(24)11-20-29(25,26)19-13(2)22-28-14(19)3/h7-10,20H,4-6,11-12H2,1-3H3,(H,21,23). The highest BCUT2D eigenvalue weighted by atomic mass is 32.2. The topological polar surface area (TPSA) is 128 Å². The number of unbranched alkanes of at least 4 members (excludes halogenated alkanes) is 1. The molecule has 0 saturated heterocycles. The minimum atomic E-state index is -3.98. The number of nitrogens with one attached hydrogen (secondary N) is 2. The van der Waals surface area contributed by atoms with Crippen molar-refractivity contribution >= 4 is 27.6 Å². The van der Waals surface area contributed by atoms with Gasteiger partial charge in [-0.2, -0.15) is 4.72 Å². The second-order valence-electron chi connectivity index (χ2n) is 6.49. The number of amides is 1. The van der Waals surface area contributed by atoms with Gasteiger partial charge >= 0.3 is 5.97 Å². The number of hydrogen-bond donors (Lipinski definition) is 2. The summed E-state index contributed by atoms with van der Waals surface area (Å²) in [5.74, 6) is -1.29. The highest BCUT2D eigenvalue weighted by Crippen LogP contribution is 2.18. The van der Waals surface area contributed by atoms with Gasteiger partial charge in [-0.05, 0) is 44.4 Å². The minimum absolute atomic E-state index is 0.114. The maximum absolute atomic E-state index is 12.2. The predicted octanol–water partition coefficient (Wildman–Crippen LogP) is 2.09. The smallest absolute Gasteiger partial charge is 0.321 e. The van der Waals surface area contributed by atoms with Gasteiger partial charge in [0.1, 0.15) is 17.1 Å². The van der Waals surface area contributed by atoms with Gasteiger partial charge in [-0.3, -0.25) is 9.59 Å². The van der Waals surface area contributed by atoms with Gasteiger partial charge in [-0.25, -0.2) is 8.42 Å². The number of carbonyl (C=O) groups is 2. The number of rotatable bonds is 10. The van der Waals surface area contributed by atoms with Crippen molar-refractivity contribution in [2.75, 3.05) is 18.5 Å². The maximum atomic E-state index is 12.2. The van der Waals surface area contributed by atoms with Crippen LogP contribution in [0.3, 0.4) is 0 Å².